The van der Waals surface area contributed by atoms with Crippen molar-refractivity contribution in [2.75, 3.05) is 14.1 Å². The van der Waals surface area contributed by atoms with Gasteiger partial charge in [-0.2, -0.15) is 23.3 Å². The summed E-state index contributed by atoms with van der Waals surface area (Å²) in [6.45, 7) is 0.404. The highest BCUT2D eigenvalue weighted by molar-refractivity contribution is 5.93. The molecule has 0 fully saturated rings. The normalized spacial score (nSPS) is 11.6. The van der Waals surface area contributed by atoms with E-state index in [4.69, 9.17) is 0 Å². The lowest BCUT2D eigenvalue weighted by molar-refractivity contribution is -0.159. The van der Waals surface area contributed by atoms with E-state index >= 15 is 0 Å². The number of nitrogens with zero attached hydrogens (tertiary/aromatic N) is 5. The lowest BCUT2D eigenvalue weighted by Crippen LogP contribution is -2.21. The molecule has 0 aliphatic carbocycles. The number of rotatable bonds is 4. The molecule has 7 nitrogen and oxygen atoms in total. The van der Waals surface area contributed by atoms with Crippen LogP contribution in [0, 0.1) is 0 Å². The van der Waals surface area contributed by atoms with Gasteiger partial charge in [-0.05, 0) is 5.56 Å². The molecular formula is C16H14F3N5O2. The molecule has 0 spiro atoms. The Balaban J connectivity index is 1.72. The monoisotopic (exact) mass is 365 g/mol. The van der Waals surface area contributed by atoms with Gasteiger partial charge in [-0.15, -0.1) is 0 Å². The Morgan fingerprint density at radius 1 is 1.23 bits per heavy atom. The zero-order valence-corrected chi connectivity index (χ0v) is 13.9. The van der Waals surface area contributed by atoms with E-state index < -0.39 is 12.1 Å². The molecule has 2 heterocycles. The maximum atomic E-state index is 12.5. The number of carbonyl (C=O) groups is 1. The van der Waals surface area contributed by atoms with E-state index in [0.717, 1.165) is 5.56 Å². The molecule has 3 aromatic rings. The largest absolute Gasteiger partial charge is 0.471 e. The van der Waals surface area contributed by atoms with Crippen molar-refractivity contribution in [3.8, 4) is 11.4 Å². The van der Waals surface area contributed by atoms with Gasteiger partial charge in [0, 0.05) is 25.9 Å². The molecule has 0 bridgehead atoms. The first-order valence-electron chi connectivity index (χ1n) is 7.48. The van der Waals surface area contributed by atoms with Crippen LogP contribution in [0.3, 0.4) is 0 Å². The minimum absolute atomic E-state index is 0.137. The number of alkyl halides is 3. The molecule has 1 aromatic carbocycles. The molecule has 136 valence electrons. The molecule has 0 N–H and O–H groups in total. The Morgan fingerprint density at radius 2 is 1.92 bits per heavy atom. The average molecular weight is 365 g/mol. The van der Waals surface area contributed by atoms with Gasteiger partial charge in [0.15, 0.2) is 0 Å². The molecule has 0 atom stereocenters. The Hall–Kier alpha value is -3.17. The fourth-order valence-corrected chi connectivity index (χ4v) is 2.22. The topological polar surface area (TPSA) is 77.0 Å². The van der Waals surface area contributed by atoms with Crippen molar-refractivity contribution in [3.63, 3.8) is 0 Å². The minimum atomic E-state index is -4.67. The van der Waals surface area contributed by atoms with Crippen LogP contribution in [-0.2, 0) is 12.7 Å². The highest BCUT2D eigenvalue weighted by Gasteiger charge is 2.38. The second kappa shape index (κ2) is 6.62. The molecular weight excluding hydrogens is 351 g/mol. The van der Waals surface area contributed by atoms with Crippen molar-refractivity contribution in [2.45, 2.75) is 12.7 Å². The molecule has 0 radical (unpaired) electrons. The van der Waals surface area contributed by atoms with Crippen LogP contribution in [0.1, 0.15) is 21.8 Å². The third-order valence-electron chi connectivity index (χ3n) is 3.51. The fourth-order valence-electron chi connectivity index (χ4n) is 2.22. The summed E-state index contributed by atoms with van der Waals surface area (Å²) < 4.78 is 43.3. The van der Waals surface area contributed by atoms with E-state index in [9.17, 15) is 18.0 Å². The summed E-state index contributed by atoms with van der Waals surface area (Å²) in [6.07, 6.45) is -1.56. The van der Waals surface area contributed by atoms with Gasteiger partial charge in [0.05, 0.1) is 18.3 Å². The molecule has 26 heavy (non-hydrogen) atoms. The summed E-state index contributed by atoms with van der Waals surface area (Å²) in [6, 6.07) is 6.62. The van der Waals surface area contributed by atoms with Gasteiger partial charge in [-0.3, -0.25) is 9.48 Å². The van der Waals surface area contributed by atoms with Crippen molar-refractivity contribution in [1.82, 2.24) is 24.8 Å². The van der Waals surface area contributed by atoms with Crippen LogP contribution < -0.4 is 0 Å². The lowest BCUT2D eigenvalue weighted by Gasteiger charge is -2.07. The van der Waals surface area contributed by atoms with Crippen molar-refractivity contribution >= 4 is 5.91 Å². The third-order valence-corrected chi connectivity index (χ3v) is 3.51. The van der Waals surface area contributed by atoms with Crippen LogP contribution in [-0.4, -0.2) is 44.8 Å². The van der Waals surface area contributed by atoms with E-state index in [-0.39, 0.29) is 11.7 Å². The summed E-state index contributed by atoms with van der Waals surface area (Å²) in [5, 5.41) is 7.47. The quantitative estimate of drug-likeness (QED) is 0.710. The number of hydrogen-bond donors (Lipinski definition) is 0. The van der Waals surface area contributed by atoms with Crippen LogP contribution in [0.15, 0.2) is 41.2 Å². The van der Waals surface area contributed by atoms with Gasteiger partial charge in [0.25, 0.3) is 5.91 Å². The number of halogens is 3. The molecule has 0 aliphatic rings. The number of amides is 1. The predicted molar refractivity (Wildman–Crippen MR) is 84.1 cm³/mol. The van der Waals surface area contributed by atoms with Gasteiger partial charge in [-0.1, -0.05) is 29.4 Å². The average Bonchev–Trinajstić information content (AvgIpc) is 3.24. The number of hydrogen-bond acceptors (Lipinski definition) is 5. The summed E-state index contributed by atoms with van der Waals surface area (Å²) in [4.78, 5) is 16.7. The molecule has 0 aliphatic heterocycles. The van der Waals surface area contributed by atoms with Crippen molar-refractivity contribution in [1.29, 1.82) is 0 Å². The Bertz CT molecular complexity index is 913. The van der Waals surface area contributed by atoms with Gasteiger partial charge in [0.2, 0.25) is 5.82 Å². The molecule has 3 rings (SSSR count). The maximum absolute atomic E-state index is 12.5. The van der Waals surface area contributed by atoms with Crippen molar-refractivity contribution in [3.05, 3.63) is 53.7 Å². The first-order chi connectivity index (χ1) is 12.2. The number of aromatic nitrogens is 4. The second-order valence-electron chi connectivity index (χ2n) is 5.74. The highest BCUT2D eigenvalue weighted by atomic mass is 19.4. The Labute approximate surface area is 146 Å². The number of benzene rings is 1. The second-order valence-corrected chi connectivity index (χ2v) is 5.74. The highest BCUT2D eigenvalue weighted by Crippen LogP contribution is 2.29. The van der Waals surface area contributed by atoms with E-state index in [1.165, 1.54) is 11.1 Å². The summed E-state index contributed by atoms with van der Waals surface area (Å²) in [5.41, 5.74) is 1.72. The van der Waals surface area contributed by atoms with Crippen LogP contribution in [0.5, 0.6) is 0 Å². The molecule has 10 heteroatoms. The lowest BCUT2D eigenvalue weighted by atomic mass is 10.1. The first kappa shape index (κ1) is 17.6. The predicted octanol–water partition coefficient (Wildman–Crippen LogP) is 2.70. The van der Waals surface area contributed by atoms with Gasteiger partial charge >= 0.3 is 12.1 Å². The molecule has 1 amide bonds. The van der Waals surface area contributed by atoms with Gasteiger partial charge in [0.1, 0.15) is 0 Å². The zero-order chi connectivity index (χ0) is 18.9. The third kappa shape index (κ3) is 3.73. The van der Waals surface area contributed by atoms with Crippen LogP contribution in [0.25, 0.3) is 11.4 Å². The molecule has 0 unspecified atom stereocenters. The Kier molecular flexibility index (Phi) is 4.49. The maximum Gasteiger partial charge on any atom is 0.471 e. The summed E-state index contributed by atoms with van der Waals surface area (Å²) in [7, 11) is 3.31. The Morgan fingerprint density at radius 3 is 2.50 bits per heavy atom. The SMILES string of the molecule is CN(C)C(=O)c1cnn(Cc2ccc(-c3noc(C(F)(F)F)n3)cc2)c1. The van der Waals surface area contributed by atoms with Gasteiger partial charge < -0.3 is 9.42 Å². The van der Waals surface area contributed by atoms with E-state index in [2.05, 4.69) is 19.8 Å². The zero-order valence-electron chi connectivity index (χ0n) is 13.9. The van der Waals surface area contributed by atoms with E-state index in [1.807, 2.05) is 0 Å². The minimum Gasteiger partial charge on any atom is -0.345 e. The van der Waals surface area contributed by atoms with E-state index in [0.29, 0.717) is 17.7 Å². The van der Waals surface area contributed by atoms with Crippen LogP contribution in [0.4, 0.5) is 13.2 Å². The number of carbonyl (C=O) groups excluding carboxylic acids is 1. The van der Waals surface area contributed by atoms with Crippen LogP contribution in [0.2, 0.25) is 0 Å². The van der Waals surface area contributed by atoms with Gasteiger partial charge in [-0.25, -0.2) is 0 Å². The van der Waals surface area contributed by atoms with Crippen molar-refractivity contribution in [2.24, 2.45) is 0 Å². The summed E-state index contributed by atoms with van der Waals surface area (Å²) in [5.74, 6) is -1.67. The molecule has 2 aromatic heterocycles. The van der Waals surface area contributed by atoms with E-state index in [1.54, 1.807) is 49.2 Å². The smallest absolute Gasteiger partial charge is 0.345 e. The molecule has 0 saturated carbocycles. The first-order valence-corrected chi connectivity index (χ1v) is 7.48. The molecule has 0 saturated heterocycles. The van der Waals surface area contributed by atoms with Crippen molar-refractivity contribution < 1.29 is 22.5 Å². The summed E-state index contributed by atoms with van der Waals surface area (Å²) >= 11 is 0. The fraction of sp³-hybridized carbons (Fsp3) is 0.250. The standard InChI is InChI=1S/C16H14F3N5O2/c1-23(2)14(25)12-7-20-24(9-12)8-10-3-5-11(6-4-10)13-21-15(26-22-13)16(17,18)19/h3-7,9H,8H2,1-2H3. The van der Waals surface area contributed by atoms with Crippen LogP contribution >= 0.6 is 0 Å².